The fourth-order valence-electron chi connectivity index (χ4n) is 2.50. The molecule has 0 aliphatic carbocycles. The lowest BCUT2D eigenvalue weighted by atomic mass is 10.2. The quantitative estimate of drug-likeness (QED) is 0.600. The smallest absolute Gasteiger partial charge is 0.264 e. The second-order valence-corrected chi connectivity index (χ2v) is 6.89. The van der Waals surface area contributed by atoms with Crippen molar-refractivity contribution in [3.8, 4) is 22.8 Å². The Hall–Kier alpha value is -2.81. The zero-order valence-electron chi connectivity index (χ0n) is 15.5. The van der Waals surface area contributed by atoms with E-state index >= 15 is 0 Å². The first-order chi connectivity index (χ1) is 13.0. The van der Waals surface area contributed by atoms with Crippen LogP contribution < -0.4 is 11.1 Å². The highest BCUT2D eigenvalue weighted by atomic mass is 32.2. The number of rotatable bonds is 7. The van der Waals surface area contributed by atoms with Crippen LogP contribution in [0, 0.1) is 0 Å². The third kappa shape index (κ3) is 4.13. The normalized spacial score (nSPS) is 12.1. The van der Waals surface area contributed by atoms with Gasteiger partial charge in [-0.25, -0.2) is 4.68 Å². The molecule has 0 radical (unpaired) electrons. The number of aromatic nitrogens is 4. The lowest BCUT2D eigenvalue weighted by Gasteiger charge is -2.11. The van der Waals surface area contributed by atoms with E-state index in [9.17, 15) is 4.79 Å². The maximum Gasteiger partial charge on any atom is 0.264 e. The topological polar surface area (TPSA) is 112 Å². The first-order valence-corrected chi connectivity index (χ1v) is 9.85. The molecule has 0 saturated heterocycles. The Morgan fingerprint density at radius 3 is 2.78 bits per heavy atom. The summed E-state index contributed by atoms with van der Waals surface area (Å²) in [6.07, 6.45) is 2.73. The molecule has 0 saturated carbocycles. The van der Waals surface area contributed by atoms with Crippen LogP contribution in [0.15, 0.2) is 39.9 Å². The molecule has 0 aliphatic rings. The minimum atomic E-state index is -0.145. The molecule has 8 nitrogen and oxygen atoms in total. The van der Waals surface area contributed by atoms with E-state index in [-0.39, 0.29) is 24.4 Å². The predicted octanol–water partition coefficient (Wildman–Crippen LogP) is 2.82. The summed E-state index contributed by atoms with van der Waals surface area (Å²) in [5.41, 5.74) is 7.64. The van der Waals surface area contributed by atoms with Crippen LogP contribution in [0.2, 0.25) is 0 Å². The summed E-state index contributed by atoms with van der Waals surface area (Å²) in [5, 5.41) is 12.0. The highest BCUT2D eigenvalue weighted by Gasteiger charge is 2.23. The van der Waals surface area contributed by atoms with Gasteiger partial charge in [0.2, 0.25) is 11.7 Å². The molecule has 0 aliphatic heterocycles. The fraction of sp³-hybridized carbons (Fsp3) is 0.333. The summed E-state index contributed by atoms with van der Waals surface area (Å²) in [5.74, 6) is 0.929. The van der Waals surface area contributed by atoms with Gasteiger partial charge in [0.15, 0.2) is 0 Å². The zero-order chi connectivity index (χ0) is 19.4. The van der Waals surface area contributed by atoms with Crippen molar-refractivity contribution in [3.05, 3.63) is 30.3 Å². The number of carbonyl (C=O) groups excluding carboxylic acids is 1. The summed E-state index contributed by atoms with van der Waals surface area (Å²) < 4.78 is 6.88. The number of carbonyl (C=O) groups is 1. The largest absolute Gasteiger partial charge is 0.383 e. The van der Waals surface area contributed by atoms with Crippen molar-refractivity contribution in [1.29, 1.82) is 0 Å². The molecule has 9 heteroatoms. The van der Waals surface area contributed by atoms with E-state index in [1.54, 1.807) is 0 Å². The molecule has 27 heavy (non-hydrogen) atoms. The Bertz CT molecular complexity index is 921. The van der Waals surface area contributed by atoms with Crippen LogP contribution in [0.25, 0.3) is 22.8 Å². The average Bonchev–Trinajstić information content (AvgIpc) is 3.27. The molecule has 2 aromatic heterocycles. The van der Waals surface area contributed by atoms with Crippen LogP contribution in [0.5, 0.6) is 0 Å². The Morgan fingerprint density at radius 2 is 2.11 bits per heavy atom. The number of hydrogen-bond donors (Lipinski definition) is 2. The number of anilines is 1. The van der Waals surface area contributed by atoms with Gasteiger partial charge in [-0.3, -0.25) is 4.79 Å². The van der Waals surface area contributed by atoms with Crippen molar-refractivity contribution in [2.24, 2.45) is 0 Å². The first kappa shape index (κ1) is 19.0. The Morgan fingerprint density at radius 1 is 1.37 bits per heavy atom. The number of nitrogens with one attached hydrogen (secondary N) is 1. The van der Waals surface area contributed by atoms with E-state index in [2.05, 4.69) is 20.6 Å². The van der Waals surface area contributed by atoms with Gasteiger partial charge in [-0.2, -0.15) is 10.1 Å². The summed E-state index contributed by atoms with van der Waals surface area (Å²) in [6.45, 7) is 3.99. The Kier molecular flexibility index (Phi) is 5.80. The van der Waals surface area contributed by atoms with Crippen LogP contribution in [-0.4, -0.2) is 38.1 Å². The lowest BCUT2D eigenvalue weighted by molar-refractivity contribution is -0.122. The molecular weight excluding hydrogens is 364 g/mol. The lowest BCUT2D eigenvalue weighted by Crippen LogP contribution is -2.35. The average molecular weight is 386 g/mol. The summed E-state index contributed by atoms with van der Waals surface area (Å²) in [6, 6.07) is 9.62. The van der Waals surface area contributed by atoms with E-state index < -0.39 is 0 Å². The summed E-state index contributed by atoms with van der Waals surface area (Å²) in [7, 11) is 0. The molecule has 2 heterocycles. The van der Waals surface area contributed by atoms with Crippen molar-refractivity contribution < 1.29 is 9.32 Å². The van der Waals surface area contributed by atoms with Crippen molar-refractivity contribution in [2.75, 3.05) is 12.0 Å². The van der Waals surface area contributed by atoms with Gasteiger partial charge in [0.25, 0.3) is 5.89 Å². The van der Waals surface area contributed by atoms with E-state index in [4.69, 9.17) is 10.3 Å². The Labute approximate surface area is 161 Å². The van der Waals surface area contributed by atoms with Crippen LogP contribution in [0.1, 0.15) is 20.3 Å². The van der Waals surface area contributed by atoms with Crippen molar-refractivity contribution >= 4 is 23.5 Å². The first-order valence-electron chi connectivity index (χ1n) is 8.62. The molecule has 3 aromatic rings. The van der Waals surface area contributed by atoms with E-state index in [1.165, 1.54) is 16.4 Å². The number of nitrogen functional groups attached to an aromatic ring is 1. The predicted molar refractivity (Wildman–Crippen MR) is 105 cm³/mol. The van der Waals surface area contributed by atoms with Crippen molar-refractivity contribution in [3.63, 3.8) is 0 Å². The van der Waals surface area contributed by atoms with Crippen LogP contribution >= 0.6 is 11.8 Å². The SMILES string of the molecule is CC[C@H](C)NC(=O)Cn1nc(SC)c(-c2nc(-c3ccccc3)no2)c1N. The van der Waals surface area contributed by atoms with Gasteiger partial charge in [0, 0.05) is 11.6 Å². The number of thioether (sulfide) groups is 1. The summed E-state index contributed by atoms with van der Waals surface area (Å²) in [4.78, 5) is 16.6. The van der Waals surface area contributed by atoms with Crippen LogP contribution in [0.4, 0.5) is 5.82 Å². The minimum absolute atomic E-state index is 0.0312. The highest BCUT2D eigenvalue weighted by molar-refractivity contribution is 7.98. The molecule has 0 spiro atoms. The van der Waals surface area contributed by atoms with Crippen LogP contribution in [-0.2, 0) is 11.3 Å². The number of benzene rings is 1. The fourth-order valence-corrected chi connectivity index (χ4v) is 3.08. The van der Waals surface area contributed by atoms with E-state index in [0.29, 0.717) is 22.2 Å². The molecule has 3 rings (SSSR count). The molecule has 0 fully saturated rings. The van der Waals surface area contributed by atoms with Gasteiger partial charge in [-0.05, 0) is 19.6 Å². The van der Waals surface area contributed by atoms with Gasteiger partial charge in [0.05, 0.1) is 0 Å². The molecule has 1 aromatic carbocycles. The molecule has 0 unspecified atom stereocenters. The van der Waals surface area contributed by atoms with Gasteiger partial charge in [-0.1, -0.05) is 42.4 Å². The van der Waals surface area contributed by atoms with Crippen molar-refractivity contribution in [2.45, 2.75) is 37.9 Å². The number of hydrogen-bond acceptors (Lipinski definition) is 7. The molecule has 1 amide bonds. The molecule has 3 N–H and O–H groups in total. The highest BCUT2D eigenvalue weighted by Crippen LogP contribution is 2.34. The van der Waals surface area contributed by atoms with Gasteiger partial charge < -0.3 is 15.6 Å². The summed E-state index contributed by atoms with van der Waals surface area (Å²) >= 11 is 1.40. The molecular formula is C18H22N6O2S. The molecule has 0 bridgehead atoms. The Balaban J connectivity index is 1.89. The maximum absolute atomic E-state index is 12.2. The van der Waals surface area contributed by atoms with Gasteiger partial charge in [-0.15, -0.1) is 11.8 Å². The third-order valence-electron chi connectivity index (χ3n) is 4.14. The molecule has 142 valence electrons. The second-order valence-electron chi connectivity index (χ2n) is 6.09. The number of nitrogens with zero attached hydrogens (tertiary/aromatic N) is 4. The zero-order valence-corrected chi connectivity index (χ0v) is 16.3. The second kappa shape index (κ2) is 8.26. The third-order valence-corrected chi connectivity index (χ3v) is 4.81. The number of amides is 1. The molecule has 1 atom stereocenters. The van der Waals surface area contributed by atoms with Crippen molar-refractivity contribution in [1.82, 2.24) is 25.2 Å². The van der Waals surface area contributed by atoms with E-state index in [0.717, 1.165) is 12.0 Å². The standard InChI is InChI=1S/C18H22N6O2S/c1-4-11(2)20-13(25)10-24-15(19)14(18(22-24)27-3)17-21-16(23-26-17)12-8-6-5-7-9-12/h5-9,11H,4,10,19H2,1-3H3,(H,20,25)/t11-/m0/s1. The monoisotopic (exact) mass is 386 g/mol. The van der Waals surface area contributed by atoms with Gasteiger partial charge in [0.1, 0.15) is 23.0 Å². The minimum Gasteiger partial charge on any atom is -0.383 e. The maximum atomic E-state index is 12.2. The van der Waals surface area contributed by atoms with Crippen LogP contribution in [0.3, 0.4) is 0 Å². The van der Waals surface area contributed by atoms with E-state index in [1.807, 2.05) is 50.4 Å². The van der Waals surface area contributed by atoms with Gasteiger partial charge >= 0.3 is 0 Å². The number of nitrogens with two attached hydrogens (primary N) is 1.